The molecule has 3 rings (SSSR count). The second kappa shape index (κ2) is 8.66. The zero-order chi connectivity index (χ0) is 18.2. The molecule has 26 heavy (non-hydrogen) atoms. The van der Waals surface area contributed by atoms with Crippen LogP contribution in [0.25, 0.3) is 5.69 Å². The predicted octanol–water partition coefficient (Wildman–Crippen LogP) is 2.14. The number of nitrogens with one attached hydrogen (secondary N) is 2. The molecule has 7 heteroatoms. The van der Waals surface area contributed by atoms with Gasteiger partial charge in [0.2, 0.25) is 0 Å². The summed E-state index contributed by atoms with van der Waals surface area (Å²) in [5, 5.41) is 10.7. The van der Waals surface area contributed by atoms with E-state index in [0.717, 1.165) is 28.5 Å². The highest BCUT2D eigenvalue weighted by Crippen LogP contribution is 2.16. The van der Waals surface area contributed by atoms with E-state index in [0.29, 0.717) is 13.1 Å². The Morgan fingerprint density at radius 2 is 1.85 bits per heavy atom. The van der Waals surface area contributed by atoms with E-state index >= 15 is 0 Å². The fraction of sp³-hybridized carbons (Fsp3) is 0.211. The van der Waals surface area contributed by atoms with E-state index in [1.54, 1.807) is 25.2 Å². The topological polar surface area (TPSA) is 76.4 Å². The number of nitrogens with zero attached hydrogens (tertiary/aromatic N) is 4. The summed E-state index contributed by atoms with van der Waals surface area (Å²) in [4.78, 5) is 8.22. The van der Waals surface area contributed by atoms with Gasteiger partial charge in [0.15, 0.2) is 5.96 Å². The molecule has 1 aromatic heterocycles. The Hall–Kier alpha value is -3.35. The van der Waals surface area contributed by atoms with Gasteiger partial charge in [0.25, 0.3) is 0 Å². The first kappa shape index (κ1) is 17.5. The predicted molar refractivity (Wildman–Crippen MR) is 101 cm³/mol. The number of para-hydroxylation sites is 1. The summed E-state index contributed by atoms with van der Waals surface area (Å²) < 4.78 is 7.10. The fourth-order valence-electron chi connectivity index (χ4n) is 2.54. The zero-order valence-electron chi connectivity index (χ0n) is 14.9. The summed E-state index contributed by atoms with van der Waals surface area (Å²) in [7, 11) is 3.43. The third-order valence-electron chi connectivity index (χ3n) is 3.94. The molecule has 134 valence electrons. The second-order valence-corrected chi connectivity index (χ2v) is 5.60. The van der Waals surface area contributed by atoms with Gasteiger partial charge < -0.3 is 15.4 Å². The SMILES string of the molecule is CN=C(NCc1ccc(-n2cncn2)cc1)NCc1ccccc1OC. The molecule has 0 aliphatic heterocycles. The quantitative estimate of drug-likeness (QED) is 0.526. The lowest BCUT2D eigenvalue weighted by molar-refractivity contribution is 0.409. The van der Waals surface area contributed by atoms with Crippen molar-refractivity contribution in [1.82, 2.24) is 25.4 Å². The van der Waals surface area contributed by atoms with Gasteiger partial charge in [-0.2, -0.15) is 5.10 Å². The molecule has 0 fully saturated rings. The monoisotopic (exact) mass is 350 g/mol. The van der Waals surface area contributed by atoms with E-state index in [1.807, 2.05) is 36.4 Å². The van der Waals surface area contributed by atoms with Gasteiger partial charge in [-0.15, -0.1) is 0 Å². The van der Waals surface area contributed by atoms with Gasteiger partial charge in [-0.25, -0.2) is 9.67 Å². The molecule has 2 N–H and O–H groups in total. The van der Waals surface area contributed by atoms with Crippen molar-refractivity contribution in [3.63, 3.8) is 0 Å². The van der Waals surface area contributed by atoms with Crippen molar-refractivity contribution in [2.75, 3.05) is 14.2 Å². The Balaban J connectivity index is 1.54. The minimum absolute atomic E-state index is 0.634. The van der Waals surface area contributed by atoms with Crippen LogP contribution in [0, 0.1) is 0 Å². The van der Waals surface area contributed by atoms with Crippen LogP contribution in [0.15, 0.2) is 66.2 Å². The van der Waals surface area contributed by atoms with Gasteiger partial charge in [0, 0.05) is 25.7 Å². The maximum absolute atomic E-state index is 5.37. The summed E-state index contributed by atoms with van der Waals surface area (Å²) >= 11 is 0. The number of hydrogen-bond acceptors (Lipinski definition) is 4. The smallest absolute Gasteiger partial charge is 0.191 e. The third kappa shape index (κ3) is 4.38. The van der Waals surface area contributed by atoms with E-state index in [4.69, 9.17) is 4.74 Å². The summed E-state index contributed by atoms with van der Waals surface area (Å²) in [6, 6.07) is 16.1. The zero-order valence-corrected chi connectivity index (χ0v) is 14.9. The Labute approximate surface area is 152 Å². The standard InChI is InChI=1S/C19H22N6O/c1-20-19(23-12-16-5-3-4-6-18(16)26-2)22-11-15-7-9-17(10-8-15)25-14-21-13-24-25/h3-10,13-14H,11-12H2,1-2H3,(H2,20,22,23). The lowest BCUT2D eigenvalue weighted by Crippen LogP contribution is -2.36. The van der Waals surface area contributed by atoms with E-state index in [9.17, 15) is 0 Å². The Bertz CT molecular complexity index is 843. The Morgan fingerprint density at radius 1 is 1.08 bits per heavy atom. The molecule has 0 unspecified atom stereocenters. The molecule has 7 nitrogen and oxygen atoms in total. The molecule has 0 saturated carbocycles. The molecule has 2 aromatic carbocycles. The van der Waals surface area contributed by atoms with Gasteiger partial charge in [0.1, 0.15) is 18.4 Å². The van der Waals surface area contributed by atoms with Crippen LogP contribution in [0.3, 0.4) is 0 Å². The van der Waals surface area contributed by atoms with Gasteiger partial charge >= 0.3 is 0 Å². The molecular weight excluding hydrogens is 328 g/mol. The molecule has 0 amide bonds. The molecule has 0 aliphatic carbocycles. The van der Waals surface area contributed by atoms with Crippen molar-refractivity contribution in [3.8, 4) is 11.4 Å². The molecular formula is C19H22N6O. The van der Waals surface area contributed by atoms with Crippen LogP contribution in [0.4, 0.5) is 0 Å². The molecule has 0 aliphatic rings. The average molecular weight is 350 g/mol. The largest absolute Gasteiger partial charge is 0.496 e. The highest BCUT2D eigenvalue weighted by molar-refractivity contribution is 5.79. The number of benzene rings is 2. The Kier molecular flexibility index (Phi) is 5.82. The minimum Gasteiger partial charge on any atom is -0.496 e. The molecule has 0 saturated heterocycles. The molecule has 1 heterocycles. The molecule has 0 spiro atoms. The summed E-state index contributed by atoms with van der Waals surface area (Å²) in [6.07, 6.45) is 3.20. The maximum atomic E-state index is 5.37. The number of hydrogen-bond donors (Lipinski definition) is 2. The number of aromatic nitrogens is 3. The first-order chi connectivity index (χ1) is 12.8. The second-order valence-electron chi connectivity index (χ2n) is 5.60. The summed E-state index contributed by atoms with van der Waals surface area (Å²) in [5.74, 6) is 1.59. The van der Waals surface area contributed by atoms with Gasteiger partial charge in [-0.3, -0.25) is 4.99 Å². The highest BCUT2D eigenvalue weighted by Gasteiger charge is 2.04. The van der Waals surface area contributed by atoms with E-state index in [1.165, 1.54) is 6.33 Å². The van der Waals surface area contributed by atoms with E-state index in [-0.39, 0.29) is 0 Å². The average Bonchev–Trinajstić information content (AvgIpc) is 3.23. The van der Waals surface area contributed by atoms with Crippen LogP contribution in [0.5, 0.6) is 5.75 Å². The molecule has 3 aromatic rings. The van der Waals surface area contributed by atoms with Crippen molar-refractivity contribution in [1.29, 1.82) is 0 Å². The Morgan fingerprint density at radius 3 is 2.54 bits per heavy atom. The van der Waals surface area contributed by atoms with Crippen LogP contribution in [-0.2, 0) is 13.1 Å². The number of aliphatic imine (C=N–C) groups is 1. The van der Waals surface area contributed by atoms with Gasteiger partial charge in [-0.05, 0) is 23.8 Å². The van der Waals surface area contributed by atoms with E-state index in [2.05, 4.69) is 37.8 Å². The highest BCUT2D eigenvalue weighted by atomic mass is 16.5. The minimum atomic E-state index is 0.634. The summed E-state index contributed by atoms with van der Waals surface area (Å²) in [6.45, 7) is 1.30. The van der Waals surface area contributed by atoms with Crippen LogP contribution < -0.4 is 15.4 Å². The van der Waals surface area contributed by atoms with Crippen molar-refractivity contribution in [2.24, 2.45) is 4.99 Å². The molecule has 0 radical (unpaired) electrons. The van der Waals surface area contributed by atoms with E-state index < -0.39 is 0 Å². The maximum Gasteiger partial charge on any atom is 0.191 e. The van der Waals surface area contributed by atoms with Crippen molar-refractivity contribution < 1.29 is 4.74 Å². The van der Waals surface area contributed by atoms with Crippen molar-refractivity contribution in [2.45, 2.75) is 13.1 Å². The first-order valence-electron chi connectivity index (χ1n) is 8.30. The number of methoxy groups -OCH3 is 1. The first-order valence-corrected chi connectivity index (χ1v) is 8.30. The van der Waals surface area contributed by atoms with Gasteiger partial charge in [-0.1, -0.05) is 30.3 Å². The lowest BCUT2D eigenvalue weighted by Gasteiger charge is -2.14. The molecule has 0 atom stereocenters. The number of guanidine groups is 1. The van der Waals surface area contributed by atoms with Crippen LogP contribution in [-0.4, -0.2) is 34.9 Å². The molecule has 0 bridgehead atoms. The van der Waals surface area contributed by atoms with Crippen molar-refractivity contribution >= 4 is 5.96 Å². The third-order valence-corrected chi connectivity index (χ3v) is 3.94. The van der Waals surface area contributed by atoms with Crippen LogP contribution in [0.2, 0.25) is 0 Å². The fourth-order valence-corrected chi connectivity index (χ4v) is 2.54. The number of ether oxygens (including phenoxy) is 1. The lowest BCUT2D eigenvalue weighted by atomic mass is 10.2. The van der Waals surface area contributed by atoms with Crippen LogP contribution >= 0.6 is 0 Å². The van der Waals surface area contributed by atoms with Crippen LogP contribution in [0.1, 0.15) is 11.1 Å². The van der Waals surface area contributed by atoms with Crippen molar-refractivity contribution in [3.05, 3.63) is 72.3 Å². The normalized spacial score (nSPS) is 11.2. The summed E-state index contributed by atoms with van der Waals surface area (Å²) in [5.41, 5.74) is 3.20. The van der Waals surface area contributed by atoms with Gasteiger partial charge in [0.05, 0.1) is 12.8 Å². The number of rotatable bonds is 6.